The molecule has 116 valence electrons. The van der Waals surface area contributed by atoms with Crippen molar-refractivity contribution < 1.29 is 4.79 Å². The zero-order valence-corrected chi connectivity index (χ0v) is 14.2. The van der Waals surface area contributed by atoms with E-state index >= 15 is 0 Å². The number of carbonyl (C=O) groups is 1. The maximum Gasteiger partial charge on any atom is 0.267 e. The number of hydrogen-bond donors (Lipinski definition) is 0. The first kappa shape index (κ1) is 15.7. The molecule has 0 atom stereocenters. The Morgan fingerprint density at radius 3 is 2.45 bits per heavy atom. The van der Waals surface area contributed by atoms with Gasteiger partial charge in [0.05, 0.1) is 11.6 Å². The van der Waals surface area contributed by atoms with Crippen LogP contribution in [0.4, 0.5) is 0 Å². The molecule has 2 aliphatic rings. The Morgan fingerprint density at radius 2 is 1.77 bits per heavy atom. The number of likely N-dealkylation sites (tertiary alicyclic amines) is 1. The van der Waals surface area contributed by atoms with Gasteiger partial charge in [0.2, 0.25) is 0 Å². The predicted octanol–water partition coefficient (Wildman–Crippen LogP) is 3.72. The van der Waals surface area contributed by atoms with Gasteiger partial charge in [-0.05, 0) is 37.6 Å². The maximum atomic E-state index is 12.6. The van der Waals surface area contributed by atoms with Gasteiger partial charge in [0, 0.05) is 0 Å². The van der Waals surface area contributed by atoms with Gasteiger partial charge in [-0.1, -0.05) is 67.2 Å². The van der Waals surface area contributed by atoms with Crippen molar-refractivity contribution in [3.8, 4) is 0 Å². The number of thiocarbonyl (C=S) groups is 1. The van der Waals surface area contributed by atoms with Crippen LogP contribution in [-0.2, 0) is 4.79 Å². The third kappa shape index (κ3) is 3.77. The molecule has 0 unspecified atom stereocenters. The zero-order chi connectivity index (χ0) is 15.4. The number of rotatable bonds is 3. The van der Waals surface area contributed by atoms with E-state index in [0.717, 1.165) is 23.6 Å². The Hall–Kier alpha value is -1.17. The van der Waals surface area contributed by atoms with Gasteiger partial charge in [0.25, 0.3) is 5.91 Å². The Labute approximate surface area is 141 Å². The Morgan fingerprint density at radius 1 is 1.09 bits per heavy atom. The number of carbonyl (C=O) groups excluding carboxylic acids is 1. The van der Waals surface area contributed by atoms with Crippen LogP contribution in [0.3, 0.4) is 0 Å². The Kier molecular flexibility index (Phi) is 5.28. The number of hydrogen-bond acceptors (Lipinski definition) is 4. The molecule has 0 bridgehead atoms. The number of nitrogens with zero attached hydrogens (tertiary/aromatic N) is 2. The second kappa shape index (κ2) is 7.40. The van der Waals surface area contributed by atoms with Crippen LogP contribution in [0.25, 0.3) is 6.08 Å². The number of benzene rings is 1. The molecule has 5 heteroatoms. The van der Waals surface area contributed by atoms with Crippen molar-refractivity contribution in [1.29, 1.82) is 0 Å². The van der Waals surface area contributed by atoms with Crippen LogP contribution >= 0.6 is 24.0 Å². The van der Waals surface area contributed by atoms with Gasteiger partial charge in [0.1, 0.15) is 4.32 Å². The van der Waals surface area contributed by atoms with Gasteiger partial charge in [-0.3, -0.25) is 14.6 Å². The van der Waals surface area contributed by atoms with E-state index in [0.29, 0.717) is 11.0 Å². The van der Waals surface area contributed by atoms with Gasteiger partial charge in [-0.25, -0.2) is 0 Å². The second-order valence-corrected chi connectivity index (χ2v) is 7.37. The molecule has 1 aromatic rings. The smallest absolute Gasteiger partial charge is 0.267 e. The van der Waals surface area contributed by atoms with Gasteiger partial charge < -0.3 is 0 Å². The molecule has 1 amide bonds. The summed E-state index contributed by atoms with van der Waals surface area (Å²) in [6.07, 6.45) is 6.95. The summed E-state index contributed by atoms with van der Waals surface area (Å²) < 4.78 is 0.677. The van der Waals surface area contributed by atoms with Crippen LogP contribution in [0.5, 0.6) is 0 Å². The third-order valence-corrected chi connectivity index (χ3v) is 5.39. The van der Waals surface area contributed by atoms with E-state index in [9.17, 15) is 4.79 Å². The standard InChI is InChI=1S/C17H20N2OS2/c20-16-15(12-14-8-4-3-5-9-14)22-17(21)19(16)13-18-10-6-1-2-7-11-18/h3-5,8-9,12H,1-2,6-7,10-11,13H2/b15-12-. The summed E-state index contributed by atoms with van der Waals surface area (Å²) in [4.78, 5) is 17.4. The van der Waals surface area contributed by atoms with Crippen LogP contribution in [-0.4, -0.2) is 39.8 Å². The van der Waals surface area contributed by atoms with E-state index in [1.54, 1.807) is 4.90 Å². The summed E-state index contributed by atoms with van der Waals surface area (Å²) in [6, 6.07) is 9.93. The molecule has 0 N–H and O–H groups in total. The minimum Gasteiger partial charge on any atom is -0.286 e. The molecule has 22 heavy (non-hydrogen) atoms. The molecule has 2 saturated heterocycles. The molecule has 0 aliphatic carbocycles. The summed E-state index contributed by atoms with van der Waals surface area (Å²) in [5.41, 5.74) is 1.04. The SMILES string of the molecule is O=C1/C(=C/c2ccccc2)SC(=S)N1CN1CCCCCC1. The van der Waals surface area contributed by atoms with Crippen LogP contribution in [0.15, 0.2) is 35.2 Å². The van der Waals surface area contributed by atoms with Crippen LogP contribution in [0.1, 0.15) is 31.2 Å². The summed E-state index contributed by atoms with van der Waals surface area (Å²) in [5.74, 6) is 0.0445. The molecule has 0 saturated carbocycles. The summed E-state index contributed by atoms with van der Waals surface area (Å²) >= 11 is 6.83. The van der Waals surface area contributed by atoms with Gasteiger partial charge in [0.15, 0.2) is 0 Å². The minimum atomic E-state index is 0.0445. The molecule has 3 rings (SSSR count). The van der Waals surface area contributed by atoms with Crippen molar-refractivity contribution in [3.05, 3.63) is 40.8 Å². The van der Waals surface area contributed by atoms with Crippen molar-refractivity contribution in [2.75, 3.05) is 19.8 Å². The summed E-state index contributed by atoms with van der Waals surface area (Å²) in [5, 5.41) is 0. The largest absolute Gasteiger partial charge is 0.286 e. The Bertz CT molecular complexity index is 578. The highest BCUT2D eigenvalue weighted by Crippen LogP contribution is 2.32. The number of amides is 1. The normalized spacial score (nSPS) is 22.4. The van der Waals surface area contributed by atoms with Crippen LogP contribution in [0.2, 0.25) is 0 Å². The zero-order valence-electron chi connectivity index (χ0n) is 12.5. The fourth-order valence-corrected chi connectivity index (χ4v) is 4.04. The Balaban J connectivity index is 1.70. The lowest BCUT2D eigenvalue weighted by atomic mass is 10.2. The van der Waals surface area contributed by atoms with E-state index in [4.69, 9.17) is 12.2 Å². The van der Waals surface area contributed by atoms with Crippen molar-refractivity contribution >= 4 is 40.3 Å². The predicted molar refractivity (Wildman–Crippen MR) is 96.4 cm³/mol. The van der Waals surface area contributed by atoms with Gasteiger partial charge >= 0.3 is 0 Å². The molecule has 2 heterocycles. The highest BCUT2D eigenvalue weighted by molar-refractivity contribution is 8.26. The fourth-order valence-electron chi connectivity index (χ4n) is 2.80. The first-order valence-corrected chi connectivity index (χ1v) is 8.99. The van der Waals surface area contributed by atoms with E-state index in [-0.39, 0.29) is 5.91 Å². The summed E-state index contributed by atoms with van der Waals surface area (Å²) in [7, 11) is 0. The van der Waals surface area contributed by atoms with E-state index in [1.807, 2.05) is 36.4 Å². The lowest BCUT2D eigenvalue weighted by Crippen LogP contribution is -2.40. The second-order valence-electron chi connectivity index (χ2n) is 5.69. The first-order valence-electron chi connectivity index (χ1n) is 7.77. The third-order valence-electron chi connectivity index (χ3n) is 4.01. The fraction of sp³-hybridized carbons (Fsp3) is 0.412. The van der Waals surface area contributed by atoms with Crippen molar-refractivity contribution in [3.63, 3.8) is 0 Å². The molecule has 2 fully saturated rings. The minimum absolute atomic E-state index is 0.0445. The van der Waals surface area contributed by atoms with E-state index in [2.05, 4.69) is 4.90 Å². The van der Waals surface area contributed by atoms with Gasteiger partial charge in [-0.15, -0.1) is 0 Å². The van der Waals surface area contributed by atoms with Gasteiger partial charge in [-0.2, -0.15) is 0 Å². The molecular weight excluding hydrogens is 312 g/mol. The first-order chi connectivity index (χ1) is 10.7. The van der Waals surface area contributed by atoms with Crippen LogP contribution in [0, 0.1) is 0 Å². The average molecular weight is 332 g/mol. The molecule has 3 nitrogen and oxygen atoms in total. The van der Waals surface area contributed by atoms with Crippen molar-refractivity contribution in [2.45, 2.75) is 25.7 Å². The van der Waals surface area contributed by atoms with E-state index < -0.39 is 0 Å². The number of thioether (sulfide) groups is 1. The van der Waals surface area contributed by atoms with Crippen molar-refractivity contribution in [1.82, 2.24) is 9.80 Å². The molecule has 0 radical (unpaired) electrons. The molecule has 1 aromatic carbocycles. The molecule has 0 aromatic heterocycles. The topological polar surface area (TPSA) is 23.6 Å². The monoisotopic (exact) mass is 332 g/mol. The molecule has 2 aliphatic heterocycles. The maximum absolute atomic E-state index is 12.6. The van der Waals surface area contributed by atoms with E-state index in [1.165, 1.54) is 37.4 Å². The highest BCUT2D eigenvalue weighted by atomic mass is 32.2. The average Bonchev–Trinajstić information content (AvgIpc) is 2.74. The lowest BCUT2D eigenvalue weighted by molar-refractivity contribution is -0.123. The van der Waals surface area contributed by atoms with Crippen LogP contribution < -0.4 is 0 Å². The molecule has 0 spiro atoms. The summed E-state index contributed by atoms with van der Waals surface area (Å²) in [6.45, 7) is 2.76. The highest BCUT2D eigenvalue weighted by Gasteiger charge is 2.33. The molecular formula is C17H20N2OS2. The lowest BCUT2D eigenvalue weighted by Gasteiger charge is -2.25. The van der Waals surface area contributed by atoms with Crippen molar-refractivity contribution in [2.24, 2.45) is 0 Å². The quantitative estimate of drug-likeness (QED) is 0.622.